The summed E-state index contributed by atoms with van der Waals surface area (Å²) < 4.78 is 39.7. The molecular weight excluding hydrogens is 418 g/mol. The molecule has 1 fully saturated rings. The van der Waals surface area contributed by atoms with Crippen LogP contribution in [0.3, 0.4) is 0 Å². The molecule has 1 heterocycles. The van der Waals surface area contributed by atoms with E-state index in [9.17, 15) is 39.1 Å². The summed E-state index contributed by atoms with van der Waals surface area (Å²) in [6, 6.07) is 5.40. The van der Waals surface area contributed by atoms with Gasteiger partial charge in [-0.15, -0.1) is 4.40 Å². The molecule has 0 saturated carbocycles. The first-order chi connectivity index (χ1) is 13.0. The summed E-state index contributed by atoms with van der Waals surface area (Å²) >= 11 is 0.499. The molecule has 2 rings (SSSR count). The van der Waals surface area contributed by atoms with E-state index in [1.807, 2.05) is 0 Å². The lowest BCUT2D eigenvalue weighted by molar-refractivity contribution is -0.205. The van der Waals surface area contributed by atoms with Gasteiger partial charge in [-0.25, -0.2) is 0 Å². The number of aromatic hydroxyl groups is 1. The quantitative estimate of drug-likeness (QED) is 0.155. The highest BCUT2D eigenvalue weighted by Gasteiger charge is 2.44. The molecule has 1 aliphatic heterocycles. The first kappa shape index (κ1) is 23.0. The average Bonchev–Trinajstić information content (AvgIpc) is 2.61. The zero-order valence-corrected chi connectivity index (χ0v) is 15.9. The third kappa shape index (κ3) is 6.10. The molecular formula is C15H21NO10S2. The number of benzene rings is 1. The van der Waals surface area contributed by atoms with Gasteiger partial charge in [0.1, 0.15) is 35.6 Å². The minimum atomic E-state index is -4.85. The van der Waals surface area contributed by atoms with Crippen molar-refractivity contribution in [1.82, 2.24) is 0 Å². The van der Waals surface area contributed by atoms with E-state index < -0.39 is 59.3 Å². The Morgan fingerprint density at radius 3 is 2.29 bits per heavy atom. The number of ether oxygens (including phenoxy) is 1. The van der Waals surface area contributed by atoms with Crippen LogP contribution in [0.25, 0.3) is 0 Å². The van der Waals surface area contributed by atoms with Gasteiger partial charge in [0.05, 0.1) is 17.8 Å². The minimum Gasteiger partial charge on any atom is -0.508 e. The van der Waals surface area contributed by atoms with E-state index in [-0.39, 0.29) is 10.8 Å². The second kappa shape index (κ2) is 9.47. The van der Waals surface area contributed by atoms with E-state index in [1.54, 1.807) is 0 Å². The number of hydrogen-bond acceptors (Lipinski definition) is 10. The van der Waals surface area contributed by atoms with Gasteiger partial charge in [0.15, 0.2) is 0 Å². The fourth-order valence-corrected chi connectivity index (χ4v) is 4.32. The van der Waals surface area contributed by atoms with E-state index in [2.05, 4.69) is 4.40 Å². The number of phenolic OH excluding ortho intramolecular Hbond substituents is 1. The molecule has 1 aliphatic rings. The molecule has 0 aliphatic carbocycles. The molecule has 0 spiro atoms. The topological polar surface area (TPSA) is 197 Å². The van der Waals surface area contributed by atoms with E-state index in [1.165, 1.54) is 24.3 Å². The molecule has 6 atom stereocenters. The molecule has 1 aromatic rings. The second-order valence-corrected chi connectivity index (χ2v) is 8.31. The molecule has 0 amide bonds. The molecule has 1 saturated heterocycles. The standard InChI is InChI=1S/C15H21NO10S2/c17-6-10-12(20)13(21)14(22)15(26-10)27-11(16-28(23,24)25)5-9(19)7-1-3-8(18)4-2-7/h1-4,9-10,12-15,17-22H,5-6H2,(H,23,24,25)/t9-,10+,12+,13-,14+,15-/m0/s1. The van der Waals surface area contributed by atoms with Crippen molar-refractivity contribution >= 4 is 27.1 Å². The van der Waals surface area contributed by atoms with Crippen molar-refractivity contribution in [1.29, 1.82) is 0 Å². The summed E-state index contributed by atoms with van der Waals surface area (Å²) in [5.74, 6) is -0.0431. The van der Waals surface area contributed by atoms with Crippen molar-refractivity contribution in [3.8, 4) is 5.75 Å². The predicted molar refractivity (Wildman–Crippen MR) is 98.0 cm³/mol. The Kier molecular flexibility index (Phi) is 7.78. The van der Waals surface area contributed by atoms with E-state index >= 15 is 0 Å². The molecule has 28 heavy (non-hydrogen) atoms. The lowest BCUT2D eigenvalue weighted by atomic mass is 10.0. The monoisotopic (exact) mass is 439 g/mol. The fourth-order valence-electron chi connectivity index (χ4n) is 2.51. The maximum absolute atomic E-state index is 11.2. The lowest BCUT2D eigenvalue weighted by Gasteiger charge is -2.39. The Bertz CT molecular complexity index is 783. The van der Waals surface area contributed by atoms with Crippen molar-refractivity contribution in [3.63, 3.8) is 0 Å². The van der Waals surface area contributed by atoms with Gasteiger partial charge < -0.3 is 35.4 Å². The van der Waals surface area contributed by atoms with Crippen LogP contribution < -0.4 is 0 Å². The maximum Gasteiger partial charge on any atom is 0.379 e. The summed E-state index contributed by atoms with van der Waals surface area (Å²) in [5, 5.41) is 58.1. The summed E-state index contributed by atoms with van der Waals surface area (Å²) in [7, 11) is -4.85. The van der Waals surface area contributed by atoms with Gasteiger partial charge in [-0.05, 0) is 17.7 Å². The highest BCUT2D eigenvalue weighted by molar-refractivity contribution is 8.14. The number of thioether (sulfide) groups is 1. The smallest absolute Gasteiger partial charge is 0.379 e. The maximum atomic E-state index is 11.2. The molecule has 0 aromatic heterocycles. The van der Waals surface area contributed by atoms with Gasteiger partial charge in [0.25, 0.3) is 0 Å². The average molecular weight is 439 g/mol. The van der Waals surface area contributed by atoms with Crippen LogP contribution >= 0.6 is 11.8 Å². The Morgan fingerprint density at radius 1 is 1.14 bits per heavy atom. The number of hydrogen-bond donors (Lipinski definition) is 7. The Hall–Kier alpha value is -1.29. The van der Waals surface area contributed by atoms with Crippen molar-refractivity contribution in [2.45, 2.75) is 42.4 Å². The molecule has 158 valence electrons. The number of aliphatic hydroxyl groups excluding tert-OH is 5. The summed E-state index contributed by atoms with van der Waals surface area (Å²) in [6.45, 7) is -0.678. The largest absolute Gasteiger partial charge is 0.508 e. The molecule has 7 N–H and O–H groups in total. The van der Waals surface area contributed by atoms with Gasteiger partial charge in [-0.1, -0.05) is 23.9 Å². The third-order valence-corrected chi connectivity index (χ3v) is 5.68. The number of phenols is 1. The van der Waals surface area contributed by atoms with Crippen LogP contribution in [0.4, 0.5) is 0 Å². The second-order valence-electron chi connectivity index (χ2n) is 6.06. The van der Waals surface area contributed by atoms with Crippen molar-refractivity contribution < 1.29 is 48.3 Å². The van der Waals surface area contributed by atoms with Gasteiger partial charge in [0, 0.05) is 6.42 Å². The fraction of sp³-hybridized carbons (Fsp3) is 0.533. The summed E-state index contributed by atoms with van der Waals surface area (Å²) in [4.78, 5) is 0. The van der Waals surface area contributed by atoms with Crippen LogP contribution in [0.1, 0.15) is 18.1 Å². The highest BCUT2D eigenvalue weighted by Crippen LogP contribution is 2.32. The Labute approximate surface area is 164 Å². The van der Waals surface area contributed by atoms with Gasteiger partial charge >= 0.3 is 10.3 Å². The van der Waals surface area contributed by atoms with Crippen LogP contribution in [-0.2, 0) is 15.0 Å². The molecule has 0 bridgehead atoms. The number of nitrogens with zero attached hydrogens (tertiary/aromatic N) is 1. The summed E-state index contributed by atoms with van der Waals surface area (Å²) in [6.07, 6.45) is -7.85. The van der Waals surface area contributed by atoms with Crippen LogP contribution in [0, 0.1) is 0 Å². The van der Waals surface area contributed by atoms with E-state index in [4.69, 9.17) is 9.29 Å². The number of rotatable bonds is 6. The normalized spacial score (nSPS) is 30.2. The SMILES string of the molecule is O=S(=O)(O)N=C(C[C@H](O)c1ccc(O)cc1)S[C@@H]1O[C@H](CO)[C@@H](O)[C@H](O)[C@H]1O. The van der Waals surface area contributed by atoms with Gasteiger partial charge in [-0.3, -0.25) is 4.55 Å². The Morgan fingerprint density at radius 2 is 1.75 bits per heavy atom. The summed E-state index contributed by atoms with van der Waals surface area (Å²) in [5.41, 5.74) is -1.03. The highest BCUT2D eigenvalue weighted by atomic mass is 32.2. The minimum absolute atomic E-state index is 0.0431. The van der Waals surface area contributed by atoms with Crippen molar-refractivity contribution in [3.05, 3.63) is 29.8 Å². The third-order valence-electron chi connectivity index (χ3n) is 3.96. The first-order valence-corrected chi connectivity index (χ1v) is 10.3. The molecule has 1 aromatic carbocycles. The van der Waals surface area contributed by atoms with Crippen molar-refractivity contribution in [2.24, 2.45) is 4.40 Å². The zero-order chi connectivity index (χ0) is 21.1. The van der Waals surface area contributed by atoms with Crippen LogP contribution in [-0.4, -0.2) is 85.1 Å². The van der Waals surface area contributed by atoms with Gasteiger partial charge in [-0.2, -0.15) is 8.42 Å². The van der Waals surface area contributed by atoms with Crippen molar-refractivity contribution in [2.75, 3.05) is 6.61 Å². The van der Waals surface area contributed by atoms with E-state index in [0.29, 0.717) is 17.3 Å². The van der Waals surface area contributed by atoms with Gasteiger partial charge in [0.2, 0.25) is 0 Å². The lowest BCUT2D eigenvalue weighted by Crippen LogP contribution is -2.57. The first-order valence-electron chi connectivity index (χ1n) is 8.02. The molecule has 11 nitrogen and oxygen atoms in total. The molecule has 13 heteroatoms. The van der Waals surface area contributed by atoms with E-state index in [0.717, 1.165) is 0 Å². The number of aliphatic hydroxyl groups is 5. The Balaban J connectivity index is 2.21. The van der Waals surface area contributed by atoms with Crippen LogP contribution in [0.5, 0.6) is 5.75 Å². The predicted octanol–water partition coefficient (Wildman–Crippen LogP) is -1.45. The zero-order valence-electron chi connectivity index (χ0n) is 14.3. The van der Waals surface area contributed by atoms with Crippen LogP contribution in [0.15, 0.2) is 28.7 Å². The van der Waals surface area contributed by atoms with Crippen LogP contribution in [0.2, 0.25) is 0 Å². The molecule has 0 radical (unpaired) electrons. The molecule has 0 unspecified atom stereocenters.